The fourth-order valence-electron chi connectivity index (χ4n) is 6.21. The Balaban J connectivity index is 1.26. The highest BCUT2D eigenvalue weighted by Gasteiger charge is 2.47. The number of aryl methyl sites for hydroxylation is 3. The SMILES string of the molecule is Cc1cc(C2=NC3(CCN(S(=O)(=O)C=Cc4c(C)cc(C(=O)N5CCC(C)(O)CC5)cc4C)CC3)C(=O)N2)ccc1C(F)(F)F. The minimum absolute atomic E-state index is 0.00881. The lowest BCUT2D eigenvalue weighted by atomic mass is 9.89. The Morgan fingerprint density at radius 2 is 1.58 bits per heavy atom. The third-order valence-electron chi connectivity index (χ3n) is 9.07. The average Bonchev–Trinajstić information content (AvgIpc) is 3.26. The third kappa shape index (κ3) is 6.70. The van der Waals surface area contributed by atoms with Gasteiger partial charge in [-0.15, -0.1) is 0 Å². The first-order chi connectivity index (χ1) is 20.9. The van der Waals surface area contributed by atoms with E-state index in [9.17, 15) is 36.3 Å². The van der Waals surface area contributed by atoms with Crippen molar-refractivity contribution in [3.8, 4) is 0 Å². The van der Waals surface area contributed by atoms with Crippen LogP contribution in [0.5, 0.6) is 0 Å². The molecule has 0 aliphatic carbocycles. The highest BCUT2D eigenvalue weighted by molar-refractivity contribution is 7.92. The lowest BCUT2D eigenvalue weighted by molar-refractivity contribution is -0.138. The van der Waals surface area contributed by atoms with Crippen molar-refractivity contribution in [3.63, 3.8) is 0 Å². The molecule has 2 saturated heterocycles. The normalized spacial score (nSPS) is 20.5. The van der Waals surface area contributed by atoms with Crippen molar-refractivity contribution in [2.75, 3.05) is 26.2 Å². The molecule has 0 bridgehead atoms. The molecule has 2 fully saturated rings. The molecule has 3 aliphatic heterocycles. The van der Waals surface area contributed by atoms with Gasteiger partial charge in [0, 0.05) is 42.7 Å². The van der Waals surface area contributed by atoms with E-state index in [0.717, 1.165) is 22.6 Å². The number of nitrogens with zero attached hydrogens (tertiary/aromatic N) is 3. The van der Waals surface area contributed by atoms with Crippen LogP contribution in [-0.2, 0) is 21.0 Å². The average molecular weight is 647 g/mol. The Hall–Kier alpha value is -3.55. The molecule has 45 heavy (non-hydrogen) atoms. The Bertz CT molecular complexity index is 1670. The van der Waals surface area contributed by atoms with Crippen molar-refractivity contribution in [2.24, 2.45) is 4.99 Å². The summed E-state index contributed by atoms with van der Waals surface area (Å²) in [7, 11) is -3.86. The van der Waals surface area contributed by atoms with Crippen LogP contribution in [0.2, 0.25) is 0 Å². The maximum Gasteiger partial charge on any atom is 0.416 e. The molecular weight excluding hydrogens is 609 g/mol. The van der Waals surface area contributed by atoms with Crippen LogP contribution < -0.4 is 5.32 Å². The van der Waals surface area contributed by atoms with Gasteiger partial charge in [0.15, 0.2) is 0 Å². The smallest absolute Gasteiger partial charge is 0.390 e. The summed E-state index contributed by atoms with van der Waals surface area (Å²) in [5, 5.41) is 14.0. The maximum absolute atomic E-state index is 13.3. The quantitative estimate of drug-likeness (QED) is 0.502. The van der Waals surface area contributed by atoms with Crippen LogP contribution in [0.3, 0.4) is 0 Å². The predicted octanol–water partition coefficient (Wildman–Crippen LogP) is 4.33. The van der Waals surface area contributed by atoms with Crippen LogP contribution in [0.15, 0.2) is 40.7 Å². The number of halogens is 3. The number of sulfonamides is 1. The zero-order chi connectivity index (χ0) is 32.9. The van der Waals surface area contributed by atoms with Gasteiger partial charge in [-0.05, 0) is 106 Å². The van der Waals surface area contributed by atoms with Crippen molar-refractivity contribution >= 4 is 33.7 Å². The summed E-state index contributed by atoms with van der Waals surface area (Å²) >= 11 is 0. The lowest BCUT2D eigenvalue weighted by Gasteiger charge is -2.36. The minimum Gasteiger partial charge on any atom is -0.390 e. The molecule has 9 nitrogen and oxygen atoms in total. The van der Waals surface area contributed by atoms with Crippen LogP contribution in [-0.4, -0.2) is 77.7 Å². The Labute approximate surface area is 260 Å². The standard InChI is InChI=1S/C32H37F3N4O5S/c1-20-17-24(28(40)38-12-8-30(4,42)9-13-38)18-21(2)25(20)7-16-45(43,44)39-14-10-31(11-15-39)29(41)36-27(37-31)23-5-6-26(22(3)19-23)32(33,34)35/h5-7,16-19,42H,8-15H2,1-4H3,(H,36,37,41). The molecule has 1 spiro atoms. The molecule has 242 valence electrons. The van der Waals surface area contributed by atoms with Crippen LogP contribution in [0.1, 0.15) is 76.3 Å². The molecule has 0 unspecified atom stereocenters. The number of piperidine rings is 2. The fourth-order valence-corrected chi connectivity index (χ4v) is 7.38. The highest BCUT2D eigenvalue weighted by Crippen LogP contribution is 2.35. The van der Waals surface area contributed by atoms with Crippen molar-refractivity contribution in [2.45, 2.75) is 70.7 Å². The molecule has 2 amide bonds. The summed E-state index contributed by atoms with van der Waals surface area (Å²) in [6.45, 7) is 7.74. The summed E-state index contributed by atoms with van der Waals surface area (Å²) in [4.78, 5) is 32.3. The van der Waals surface area contributed by atoms with E-state index in [1.807, 2.05) is 13.8 Å². The topological polar surface area (TPSA) is 119 Å². The number of carbonyl (C=O) groups is 2. The second kappa shape index (κ2) is 11.7. The molecule has 13 heteroatoms. The van der Waals surface area contributed by atoms with Crippen LogP contribution in [0.25, 0.3) is 6.08 Å². The van der Waals surface area contributed by atoms with Gasteiger partial charge in [-0.2, -0.15) is 17.5 Å². The van der Waals surface area contributed by atoms with E-state index in [2.05, 4.69) is 10.3 Å². The van der Waals surface area contributed by atoms with Crippen molar-refractivity contribution in [1.82, 2.24) is 14.5 Å². The number of nitrogens with one attached hydrogen (secondary N) is 1. The number of likely N-dealkylation sites (tertiary alicyclic amines) is 1. The summed E-state index contributed by atoms with van der Waals surface area (Å²) in [6.07, 6.45) is -1.73. The van der Waals surface area contributed by atoms with Gasteiger partial charge in [-0.1, -0.05) is 6.07 Å². The van der Waals surface area contributed by atoms with E-state index < -0.39 is 38.8 Å². The predicted molar refractivity (Wildman–Crippen MR) is 164 cm³/mol. The Kier molecular flexibility index (Phi) is 8.51. The largest absolute Gasteiger partial charge is 0.416 e. The molecular formula is C32H37F3N4O5S. The van der Waals surface area contributed by atoms with Gasteiger partial charge in [-0.25, -0.2) is 8.42 Å². The fraction of sp³-hybridized carbons (Fsp3) is 0.469. The van der Waals surface area contributed by atoms with E-state index in [1.165, 1.54) is 29.4 Å². The van der Waals surface area contributed by atoms with E-state index in [-0.39, 0.29) is 43.2 Å². The second-order valence-electron chi connectivity index (χ2n) is 12.5. The van der Waals surface area contributed by atoms with Crippen LogP contribution in [0, 0.1) is 20.8 Å². The van der Waals surface area contributed by atoms with Crippen LogP contribution >= 0.6 is 0 Å². The molecule has 2 aromatic carbocycles. The van der Waals surface area contributed by atoms with Gasteiger partial charge >= 0.3 is 6.18 Å². The number of hydrogen-bond acceptors (Lipinski definition) is 6. The van der Waals surface area contributed by atoms with Gasteiger partial charge in [0.2, 0.25) is 10.0 Å². The van der Waals surface area contributed by atoms with Gasteiger partial charge in [0.25, 0.3) is 11.8 Å². The molecule has 2 aromatic rings. The number of amides is 2. The van der Waals surface area contributed by atoms with Crippen LogP contribution in [0.4, 0.5) is 13.2 Å². The van der Waals surface area contributed by atoms with Gasteiger partial charge in [0.05, 0.1) is 11.2 Å². The number of carbonyl (C=O) groups excluding carboxylic acids is 2. The first kappa shape index (κ1) is 32.8. The zero-order valence-electron chi connectivity index (χ0n) is 25.7. The molecule has 0 atom stereocenters. The van der Waals surface area contributed by atoms with E-state index in [0.29, 0.717) is 42.6 Å². The maximum atomic E-state index is 13.3. The first-order valence-electron chi connectivity index (χ1n) is 14.8. The van der Waals surface area contributed by atoms with E-state index >= 15 is 0 Å². The molecule has 0 radical (unpaired) electrons. The lowest BCUT2D eigenvalue weighted by Crippen LogP contribution is -2.50. The summed E-state index contributed by atoms with van der Waals surface area (Å²) in [5.41, 5.74) is 0.314. The number of hydrogen-bond donors (Lipinski definition) is 2. The Morgan fingerprint density at radius 3 is 2.13 bits per heavy atom. The summed E-state index contributed by atoms with van der Waals surface area (Å²) in [6, 6.07) is 7.04. The first-order valence-corrected chi connectivity index (χ1v) is 16.3. The number of aliphatic hydroxyl groups is 1. The molecule has 3 aliphatic rings. The molecule has 3 heterocycles. The van der Waals surface area contributed by atoms with Gasteiger partial charge < -0.3 is 15.3 Å². The molecule has 2 N–H and O–H groups in total. The van der Waals surface area contributed by atoms with Crippen molar-refractivity contribution in [1.29, 1.82) is 0 Å². The minimum atomic E-state index is -4.49. The molecule has 0 saturated carbocycles. The monoisotopic (exact) mass is 646 g/mol. The molecule has 5 rings (SSSR count). The number of alkyl halides is 3. The Morgan fingerprint density at radius 1 is 0.978 bits per heavy atom. The second-order valence-corrected chi connectivity index (χ2v) is 14.4. The van der Waals surface area contributed by atoms with E-state index in [1.54, 1.807) is 24.0 Å². The summed E-state index contributed by atoms with van der Waals surface area (Å²) < 4.78 is 67.4. The number of benzene rings is 2. The number of aliphatic imine (C=N–C) groups is 1. The van der Waals surface area contributed by atoms with Gasteiger partial charge in [0.1, 0.15) is 11.4 Å². The van der Waals surface area contributed by atoms with Crippen molar-refractivity contribution in [3.05, 3.63) is 74.7 Å². The van der Waals surface area contributed by atoms with E-state index in [4.69, 9.17) is 0 Å². The van der Waals surface area contributed by atoms with Crippen molar-refractivity contribution < 1.29 is 36.3 Å². The third-order valence-corrected chi connectivity index (χ3v) is 10.6. The number of rotatable bonds is 5. The molecule has 0 aromatic heterocycles. The summed E-state index contributed by atoms with van der Waals surface area (Å²) in [5.74, 6) is -0.358. The number of amidine groups is 1. The van der Waals surface area contributed by atoms with Gasteiger partial charge in [-0.3, -0.25) is 14.6 Å². The zero-order valence-corrected chi connectivity index (χ0v) is 26.5. The highest BCUT2D eigenvalue weighted by atomic mass is 32.2.